The molecule has 0 fully saturated rings. The standard InChI is InChI=1S/C17H14ClF2NO5S/c1-10(15(22)21-13-6-4-12(18)5-7-13)26-16(23)11-2-8-14(9-3-11)27(24,25)17(19)20/h2-10,17H,1H3,(H,21,22). The average Bonchev–Trinajstić information content (AvgIpc) is 2.63. The number of amides is 1. The van der Waals surface area contributed by atoms with Crippen LogP contribution < -0.4 is 5.32 Å². The molecule has 10 heteroatoms. The molecule has 0 spiro atoms. The Labute approximate surface area is 159 Å². The van der Waals surface area contributed by atoms with Crippen LogP contribution in [0.2, 0.25) is 5.02 Å². The minimum atomic E-state index is -4.75. The lowest BCUT2D eigenvalue weighted by Crippen LogP contribution is -2.30. The van der Waals surface area contributed by atoms with E-state index in [4.69, 9.17) is 16.3 Å². The van der Waals surface area contributed by atoms with Gasteiger partial charge in [0.2, 0.25) is 9.84 Å². The van der Waals surface area contributed by atoms with Gasteiger partial charge in [0.25, 0.3) is 5.91 Å². The molecule has 1 atom stereocenters. The minimum absolute atomic E-state index is 0.0886. The maximum Gasteiger partial charge on any atom is 0.341 e. The zero-order chi connectivity index (χ0) is 20.2. The molecule has 0 aliphatic rings. The van der Waals surface area contributed by atoms with Crippen molar-refractivity contribution in [2.75, 3.05) is 5.32 Å². The summed E-state index contributed by atoms with van der Waals surface area (Å²) in [6, 6.07) is 10.1. The van der Waals surface area contributed by atoms with Crippen molar-refractivity contribution in [1.29, 1.82) is 0 Å². The predicted octanol–water partition coefficient (Wildman–Crippen LogP) is 3.52. The number of esters is 1. The number of hydrogen-bond donors (Lipinski definition) is 1. The molecule has 27 heavy (non-hydrogen) atoms. The van der Waals surface area contributed by atoms with Crippen LogP contribution in [0, 0.1) is 0 Å². The quantitative estimate of drug-likeness (QED) is 0.726. The third-order valence-electron chi connectivity index (χ3n) is 3.42. The third kappa shape index (κ3) is 5.24. The number of carbonyl (C=O) groups is 2. The average molecular weight is 418 g/mol. The Hall–Kier alpha value is -2.52. The van der Waals surface area contributed by atoms with Crippen molar-refractivity contribution < 1.29 is 31.5 Å². The number of anilines is 1. The smallest absolute Gasteiger partial charge is 0.341 e. The van der Waals surface area contributed by atoms with Gasteiger partial charge in [-0.15, -0.1) is 0 Å². The SMILES string of the molecule is CC(OC(=O)c1ccc(S(=O)(=O)C(F)F)cc1)C(=O)Nc1ccc(Cl)cc1. The Morgan fingerprint density at radius 1 is 1.04 bits per heavy atom. The Morgan fingerprint density at radius 2 is 1.59 bits per heavy atom. The number of ether oxygens (including phenoxy) is 1. The highest BCUT2D eigenvalue weighted by atomic mass is 35.5. The van der Waals surface area contributed by atoms with Gasteiger partial charge in [0.1, 0.15) is 0 Å². The first-order valence-electron chi connectivity index (χ1n) is 7.51. The summed E-state index contributed by atoms with van der Waals surface area (Å²) in [6.45, 7) is 1.35. The summed E-state index contributed by atoms with van der Waals surface area (Å²) in [6.07, 6.45) is -1.15. The summed E-state index contributed by atoms with van der Waals surface area (Å²) in [7, 11) is -4.75. The van der Waals surface area contributed by atoms with E-state index in [1.165, 1.54) is 6.92 Å². The molecular formula is C17H14ClF2NO5S. The van der Waals surface area contributed by atoms with Crippen LogP contribution in [-0.4, -0.2) is 32.2 Å². The molecule has 1 N–H and O–H groups in total. The lowest BCUT2D eigenvalue weighted by Gasteiger charge is -2.14. The maximum absolute atomic E-state index is 12.5. The molecule has 2 rings (SSSR count). The van der Waals surface area contributed by atoms with Gasteiger partial charge < -0.3 is 10.1 Å². The van der Waals surface area contributed by atoms with Gasteiger partial charge >= 0.3 is 11.7 Å². The number of nitrogens with one attached hydrogen (secondary N) is 1. The first kappa shape index (κ1) is 20.8. The summed E-state index contributed by atoms with van der Waals surface area (Å²) in [5, 5.41) is 3.02. The summed E-state index contributed by atoms with van der Waals surface area (Å²) >= 11 is 5.74. The summed E-state index contributed by atoms with van der Waals surface area (Å²) in [4.78, 5) is 23.5. The molecule has 0 radical (unpaired) electrons. The lowest BCUT2D eigenvalue weighted by atomic mass is 10.2. The normalized spacial score (nSPS) is 12.5. The molecule has 144 valence electrons. The molecule has 2 aromatic rings. The van der Waals surface area contributed by atoms with Crippen LogP contribution >= 0.6 is 11.6 Å². The van der Waals surface area contributed by atoms with Crippen LogP contribution in [0.1, 0.15) is 17.3 Å². The van der Waals surface area contributed by atoms with Crippen molar-refractivity contribution in [2.45, 2.75) is 23.7 Å². The number of benzene rings is 2. The summed E-state index contributed by atoms with van der Waals surface area (Å²) in [5.41, 5.74) is 0.364. The van der Waals surface area contributed by atoms with Crippen LogP contribution in [0.5, 0.6) is 0 Å². The molecule has 0 aliphatic carbocycles. The van der Waals surface area contributed by atoms with Gasteiger partial charge in [-0.3, -0.25) is 4.79 Å². The first-order chi connectivity index (χ1) is 12.6. The van der Waals surface area contributed by atoms with Crippen molar-refractivity contribution in [3.63, 3.8) is 0 Å². The fraction of sp³-hybridized carbons (Fsp3) is 0.176. The summed E-state index contributed by atoms with van der Waals surface area (Å²) < 4.78 is 52.7. The van der Waals surface area contributed by atoms with E-state index in [9.17, 15) is 26.8 Å². The van der Waals surface area contributed by atoms with E-state index >= 15 is 0 Å². The highest BCUT2D eigenvalue weighted by Crippen LogP contribution is 2.19. The van der Waals surface area contributed by atoms with Crippen LogP contribution in [0.25, 0.3) is 0 Å². The van der Waals surface area contributed by atoms with Crippen LogP contribution in [0.3, 0.4) is 0 Å². The maximum atomic E-state index is 12.5. The Kier molecular flexibility index (Phi) is 6.50. The fourth-order valence-corrected chi connectivity index (χ4v) is 2.79. The van der Waals surface area contributed by atoms with Crippen molar-refractivity contribution in [2.24, 2.45) is 0 Å². The van der Waals surface area contributed by atoms with Gasteiger partial charge in [-0.2, -0.15) is 8.78 Å². The molecule has 1 unspecified atom stereocenters. The molecular weight excluding hydrogens is 404 g/mol. The highest BCUT2D eigenvalue weighted by molar-refractivity contribution is 7.91. The second-order valence-corrected chi connectivity index (χ2v) is 7.73. The van der Waals surface area contributed by atoms with Crippen molar-refractivity contribution in [3.8, 4) is 0 Å². The topological polar surface area (TPSA) is 89.5 Å². The van der Waals surface area contributed by atoms with Gasteiger partial charge in [0.05, 0.1) is 10.5 Å². The van der Waals surface area contributed by atoms with Crippen molar-refractivity contribution in [1.82, 2.24) is 0 Å². The van der Waals surface area contributed by atoms with Gasteiger partial charge in [-0.05, 0) is 55.5 Å². The predicted molar refractivity (Wildman–Crippen MR) is 94.6 cm³/mol. The van der Waals surface area contributed by atoms with E-state index < -0.39 is 38.5 Å². The Balaban J connectivity index is 2.01. The monoisotopic (exact) mass is 417 g/mol. The molecule has 0 aliphatic heterocycles. The van der Waals surface area contributed by atoms with Crippen LogP contribution in [-0.2, 0) is 19.4 Å². The number of rotatable bonds is 6. The van der Waals surface area contributed by atoms with Gasteiger partial charge in [-0.25, -0.2) is 13.2 Å². The third-order valence-corrected chi connectivity index (χ3v) is 5.07. The van der Waals surface area contributed by atoms with E-state index in [1.807, 2.05) is 0 Å². The summed E-state index contributed by atoms with van der Waals surface area (Å²) in [5.74, 6) is -5.07. The van der Waals surface area contributed by atoms with Crippen LogP contribution in [0.15, 0.2) is 53.4 Å². The Bertz CT molecular complexity index is 931. The lowest BCUT2D eigenvalue weighted by molar-refractivity contribution is -0.123. The molecule has 2 aromatic carbocycles. The van der Waals surface area contributed by atoms with Gasteiger partial charge in [0, 0.05) is 10.7 Å². The van der Waals surface area contributed by atoms with E-state index in [0.29, 0.717) is 10.7 Å². The molecule has 1 amide bonds. The largest absolute Gasteiger partial charge is 0.449 e. The van der Waals surface area contributed by atoms with E-state index in [0.717, 1.165) is 24.3 Å². The van der Waals surface area contributed by atoms with Crippen molar-refractivity contribution in [3.05, 3.63) is 59.1 Å². The molecule has 0 heterocycles. The molecule has 0 saturated heterocycles. The van der Waals surface area contributed by atoms with E-state index in [1.54, 1.807) is 24.3 Å². The van der Waals surface area contributed by atoms with Crippen molar-refractivity contribution >= 4 is 39.0 Å². The Morgan fingerprint density at radius 3 is 2.11 bits per heavy atom. The first-order valence-corrected chi connectivity index (χ1v) is 9.43. The minimum Gasteiger partial charge on any atom is -0.449 e. The second-order valence-electron chi connectivity index (χ2n) is 5.37. The molecule has 0 saturated carbocycles. The molecule has 0 bridgehead atoms. The number of hydrogen-bond acceptors (Lipinski definition) is 5. The molecule has 6 nitrogen and oxygen atoms in total. The number of sulfone groups is 1. The zero-order valence-corrected chi connectivity index (χ0v) is 15.4. The van der Waals surface area contributed by atoms with Gasteiger partial charge in [-0.1, -0.05) is 11.6 Å². The van der Waals surface area contributed by atoms with E-state index in [-0.39, 0.29) is 5.56 Å². The number of carbonyl (C=O) groups excluding carboxylic acids is 2. The van der Waals surface area contributed by atoms with Gasteiger partial charge in [0.15, 0.2) is 6.10 Å². The highest BCUT2D eigenvalue weighted by Gasteiger charge is 2.27. The van der Waals surface area contributed by atoms with E-state index in [2.05, 4.69) is 5.32 Å². The zero-order valence-electron chi connectivity index (χ0n) is 13.9. The number of halogens is 3. The van der Waals surface area contributed by atoms with Crippen LogP contribution in [0.4, 0.5) is 14.5 Å². The fourth-order valence-electron chi connectivity index (χ4n) is 1.94. The number of alkyl halides is 2. The molecule has 0 aromatic heterocycles. The second kappa shape index (κ2) is 8.45.